The zero-order chi connectivity index (χ0) is 14.7. The van der Waals surface area contributed by atoms with Gasteiger partial charge in [0.15, 0.2) is 0 Å². The third kappa shape index (κ3) is 2.99. The zero-order valence-electron chi connectivity index (χ0n) is 12.0. The molecule has 2 aliphatic heterocycles. The number of amides is 2. The van der Waals surface area contributed by atoms with Gasteiger partial charge in [-0.05, 0) is 31.4 Å². The number of benzene rings is 1. The van der Waals surface area contributed by atoms with Crippen LogP contribution in [-0.4, -0.2) is 49.1 Å². The second-order valence-corrected chi connectivity index (χ2v) is 5.50. The van der Waals surface area contributed by atoms with Crippen LogP contribution in [0.25, 0.3) is 0 Å². The number of morpholine rings is 1. The van der Waals surface area contributed by atoms with E-state index in [2.05, 4.69) is 5.32 Å². The van der Waals surface area contributed by atoms with Crippen LogP contribution in [0.1, 0.15) is 40.0 Å². The average Bonchev–Trinajstić information content (AvgIpc) is 2.77. The molecule has 1 atom stereocenters. The van der Waals surface area contributed by atoms with Crippen molar-refractivity contribution in [3.63, 3.8) is 0 Å². The minimum absolute atomic E-state index is 0.161. The second-order valence-electron chi connectivity index (χ2n) is 5.50. The molecule has 1 unspecified atom stereocenters. The van der Waals surface area contributed by atoms with E-state index in [1.165, 1.54) is 4.90 Å². The van der Waals surface area contributed by atoms with Gasteiger partial charge in [-0.3, -0.25) is 14.5 Å². The van der Waals surface area contributed by atoms with Crippen LogP contribution in [-0.2, 0) is 4.74 Å². The minimum Gasteiger partial charge on any atom is -0.376 e. The SMILES string of the molecule is O=C1c2ccccc2C(=O)N1CCCCC1CNCCO1. The Hall–Kier alpha value is -1.72. The molecule has 0 bridgehead atoms. The van der Waals surface area contributed by atoms with Crippen LogP contribution in [0, 0.1) is 0 Å². The van der Waals surface area contributed by atoms with Crippen LogP contribution >= 0.6 is 0 Å². The first-order valence-corrected chi connectivity index (χ1v) is 7.55. The van der Waals surface area contributed by atoms with Gasteiger partial charge in [0, 0.05) is 19.6 Å². The lowest BCUT2D eigenvalue weighted by molar-refractivity contribution is 0.0218. The van der Waals surface area contributed by atoms with Gasteiger partial charge in [0.1, 0.15) is 0 Å². The number of rotatable bonds is 5. The largest absolute Gasteiger partial charge is 0.376 e. The van der Waals surface area contributed by atoms with Crippen LogP contribution in [0.5, 0.6) is 0 Å². The summed E-state index contributed by atoms with van der Waals surface area (Å²) in [4.78, 5) is 25.7. The van der Waals surface area contributed by atoms with Gasteiger partial charge in [-0.15, -0.1) is 0 Å². The number of imide groups is 1. The minimum atomic E-state index is -0.161. The molecule has 21 heavy (non-hydrogen) atoms. The number of carbonyl (C=O) groups excluding carboxylic acids is 2. The summed E-state index contributed by atoms with van der Waals surface area (Å²) in [6, 6.07) is 7.02. The Balaban J connectivity index is 1.48. The Kier molecular flexibility index (Phi) is 4.31. The topological polar surface area (TPSA) is 58.6 Å². The molecule has 2 aliphatic rings. The number of nitrogens with zero attached hydrogens (tertiary/aromatic N) is 1. The van der Waals surface area contributed by atoms with Gasteiger partial charge in [-0.2, -0.15) is 0 Å². The molecule has 1 saturated heterocycles. The normalized spacial score (nSPS) is 21.7. The molecule has 1 N–H and O–H groups in total. The molecular formula is C16H20N2O3. The third-order valence-electron chi connectivity index (χ3n) is 4.04. The van der Waals surface area contributed by atoms with Crippen LogP contribution in [0.15, 0.2) is 24.3 Å². The summed E-state index contributed by atoms with van der Waals surface area (Å²) in [5.74, 6) is -0.322. The Morgan fingerprint density at radius 3 is 2.48 bits per heavy atom. The lowest BCUT2D eigenvalue weighted by atomic mass is 10.1. The first-order valence-electron chi connectivity index (χ1n) is 7.55. The highest BCUT2D eigenvalue weighted by atomic mass is 16.5. The molecule has 0 radical (unpaired) electrons. The smallest absolute Gasteiger partial charge is 0.261 e. The van der Waals surface area contributed by atoms with Crippen molar-refractivity contribution in [1.82, 2.24) is 10.2 Å². The molecule has 0 spiro atoms. The van der Waals surface area contributed by atoms with E-state index in [0.29, 0.717) is 17.7 Å². The molecule has 2 heterocycles. The van der Waals surface area contributed by atoms with Gasteiger partial charge in [-0.25, -0.2) is 0 Å². The average molecular weight is 288 g/mol. The molecule has 0 saturated carbocycles. The highest BCUT2D eigenvalue weighted by Gasteiger charge is 2.34. The van der Waals surface area contributed by atoms with Crippen molar-refractivity contribution in [2.24, 2.45) is 0 Å². The molecule has 1 aromatic carbocycles. The van der Waals surface area contributed by atoms with Gasteiger partial charge in [0.2, 0.25) is 0 Å². The fourth-order valence-electron chi connectivity index (χ4n) is 2.89. The number of fused-ring (bicyclic) bond motifs is 1. The van der Waals surface area contributed by atoms with Gasteiger partial charge in [0.25, 0.3) is 11.8 Å². The molecule has 2 amide bonds. The number of hydrogen-bond acceptors (Lipinski definition) is 4. The van der Waals surface area contributed by atoms with E-state index in [0.717, 1.165) is 39.0 Å². The van der Waals surface area contributed by atoms with Crippen LogP contribution in [0.2, 0.25) is 0 Å². The lowest BCUT2D eigenvalue weighted by Crippen LogP contribution is -2.38. The Morgan fingerprint density at radius 1 is 1.14 bits per heavy atom. The van der Waals surface area contributed by atoms with Crippen LogP contribution < -0.4 is 5.32 Å². The maximum atomic E-state index is 12.2. The predicted molar refractivity (Wildman–Crippen MR) is 78.3 cm³/mol. The zero-order valence-corrected chi connectivity index (χ0v) is 12.0. The first kappa shape index (κ1) is 14.2. The summed E-state index contributed by atoms with van der Waals surface area (Å²) < 4.78 is 5.63. The fraction of sp³-hybridized carbons (Fsp3) is 0.500. The van der Waals surface area contributed by atoms with Gasteiger partial charge in [0.05, 0.1) is 23.8 Å². The molecule has 1 fully saturated rings. The van der Waals surface area contributed by atoms with Crippen molar-refractivity contribution in [3.8, 4) is 0 Å². The van der Waals surface area contributed by atoms with E-state index in [9.17, 15) is 9.59 Å². The van der Waals surface area contributed by atoms with Crippen molar-refractivity contribution >= 4 is 11.8 Å². The number of unbranched alkanes of at least 4 members (excludes halogenated alkanes) is 1. The lowest BCUT2D eigenvalue weighted by Gasteiger charge is -2.23. The number of carbonyl (C=O) groups is 2. The van der Waals surface area contributed by atoms with E-state index in [4.69, 9.17) is 4.74 Å². The number of ether oxygens (including phenoxy) is 1. The predicted octanol–water partition coefficient (Wildman–Crippen LogP) is 1.44. The van der Waals surface area contributed by atoms with Crippen molar-refractivity contribution in [2.75, 3.05) is 26.2 Å². The van der Waals surface area contributed by atoms with E-state index >= 15 is 0 Å². The second kappa shape index (κ2) is 6.37. The third-order valence-corrected chi connectivity index (χ3v) is 4.04. The first-order chi connectivity index (χ1) is 10.3. The maximum absolute atomic E-state index is 12.2. The highest BCUT2D eigenvalue weighted by molar-refractivity contribution is 6.21. The van der Waals surface area contributed by atoms with Gasteiger partial charge in [-0.1, -0.05) is 12.1 Å². The molecule has 5 nitrogen and oxygen atoms in total. The quantitative estimate of drug-likeness (QED) is 0.658. The van der Waals surface area contributed by atoms with Crippen molar-refractivity contribution in [1.29, 1.82) is 0 Å². The molecular weight excluding hydrogens is 268 g/mol. The summed E-state index contributed by atoms with van der Waals surface area (Å²) in [7, 11) is 0. The Morgan fingerprint density at radius 2 is 1.86 bits per heavy atom. The summed E-state index contributed by atoms with van der Waals surface area (Å²) in [5.41, 5.74) is 1.06. The van der Waals surface area contributed by atoms with Crippen LogP contribution in [0.3, 0.4) is 0 Å². The Labute approximate surface area is 124 Å². The van der Waals surface area contributed by atoms with Crippen molar-refractivity contribution in [3.05, 3.63) is 35.4 Å². The number of nitrogens with one attached hydrogen (secondary N) is 1. The fourth-order valence-corrected chi connectivity index (χ4v) is 2.89. The van der Waals surface area contributed by atoms with Crippen molar-refractivity contribution < 1.29 is 14.3 Å². The van der Waals surface area contributed by atoms with E-state index in [-0.39, 0.29) is 17.9 Å². The van der Waals surface area contributed by atoms with E-state index < -0.39 is 0 Å². The molecule has 5 heteroatoms. The summed E-state index contributed by atoms with van der Waals surface area (Å²) >= 11 is 0. The van der Waals surface area contributed by atoms with Crippen molar-refractivity contribution in [2.45, 2.75) is 25.4 Å². The van der Waals surface area contributed by atoms with Gasteiger partial charge >= 0.3 is 0 Å². The molecule has 3 rings (SSSR count). The number of hydrogen-bond donors (Lipinski definition) is 1. The molecule has 1 aromatic rings. The van der Waals surface area contributed by atoms with Crippen LogP contribution in [0.4, 0.5) is 0 Å². The molecule has 0 aromatic heterocycles. The maximum Gasteiger partial charge on any atom is 0.261 e. The summed E-state index contributed by atoms with van der Waals surface area (Å²) in [6.45, 7) is 3.08. The molecule has 0 aliphatic carbocycles. The summed E-state index contributed by atoms with van der Waals surface area (Å²) in [5, 5.41) is 3.30. The highest BCUT2D eigenvalue weighted by Crippen LogP contribution is 2.22. The van der Waals surface area contributed by atoms with E-state index in [1.807, 2.05) is 0 Å². The van der Waals surface area contributed by atoms with Gasteiger partial charge < -0.3 is 10.1 Å². The Bertz CT molecular complexity index is 503. The summed E-state index contributed by atoms with van der Waals surface area (Å²) in [6.07, 6.45) is 3.02. The standard InChI is InChI=1S/C16H20N2O3/c19-15-13-6-1-2-7-14(13)16(20)18(15)9-4-3-5-12-11-17-8-10-21-12/h1-2,6-7,12,17H,3-5,8-11H2. The molecule has 112 valence electrons. The monoisotopic (exact) mass is 288 g/mol. The van der Waals surface area contributed by atoms with E-state index in [1.54, 1.807) is 24.3 Å².